The van der Waals surface area contributed by atoms with E-state index in [2.05, 4.69) is 53.8 Å². The van der Waals surface area contributed by atoms with Gasteiger partial charge in [-0.15, -0.1) is 0 Å². The molecule has 2 heteroatoms. The van der Waals surface area contributed by atoms with Crippen LogP contribution in [0.4, 0.5) is 5.69 Å². The fourth-order valence-corrected chi connectivity index (χ4v) is 3.17. The number of ether oxygens (including phenoxy) is 1. The molecule has 0 radical (unpaired) electrons. The summed E-state index contributed by atoms with van der Waals surface area (Å²) in [6.45, 7) is 1.07. The summed E-state index contributed by atoms with van der Waals surface area (Å²) >= 11 is 0. The third-order valence-corrected chi connectivity index (χ3v) is 4.42. The van der Waals surface area contributed by atoms with E-state index in [1.807, 2.05) is 0 Å². The van der Waals surface area contributed by atoms with E-state index in [1.54, 1.807) is 0 Å². The Bertz CT molecular complexity index is 633. The summed E-state index contributed by atoms with van der Waals surface area (Å²) in [5.74, 6) is 1.65. The van der Waals surface area contributed by atoms with E-state index in [9.17, 15) is 0 Å². The molecule has 2 aliphatic rings. The molecule has 2 nitrogen and oxygen atoms in total. The zero-order chi connectivity index (χ0) is 14.1. The highest BCUT2D eigenvalue weighted by atomic mass is 16.5. The molecule has 0 bridgehead atoms. The maximum Gasteiger partial charge on any atom is 0.119 e. The molecule has 0 saturated heterocycles. The number of para-hydroxylation sites is 1. The van der Waals surface area contributed by atoms with Crippen molar-refractivity contribution in [1.82, 2.24) is 0 Å². The molecule has 21 heavy (non-hydrogen) atoms. The monoisotopic (exact) mass is 279 g/mol. The Hall–Kier alpha value is -1.96. The van der Waals surface area contributed by atoms with E-state index in [0.717, 1.165) is 18.7 Å². The highest BCUT2D eigenvalue weighted by Gasteiger charge is 2.24. The van der Waals surface area contributed by atoms with Crippen molar-refractivity contribution in [2.45, 2.75) is 37.7 Å². The molecule has 1 atom stereocenters. The second kappa shape index (κ2) is 5.44. The molecule has 1 heterocycles. The van der Waals surface area contributed by atoms with Crippen LogP contribution in [-0.4, -0.2) is 12.6 Å². The molecular formula is C19H21NO. The largest absolute Gasteiger partial charge is 0.490 e. The van der Waals surface area contributed by atoms with E-state index in [1.165, 1.54) is 36.1 Å². The van der Waals surface area contributed by atoms with Crippen molar-refractivity contribution in [2.75, 3.05) is 11.9 Å². The van der Waals surface area contributed by atoms with Gasteiger partial charge in [0.25, 0.3) is 0 Å². The molecule has 0 aromatic heterocycles. The lowest BCUT2D eigenvalue weighted by Crippen LogP contribution is -2.18. The van der Waals surface area contributed by atoms with Gasteiger partial charge >= 0.3 is 0 Å². The lowest BCUT2D eigenvalue weighted by molar-refractivity contribution is 0.303. The molecule has 1 unspecified atom stereocenters. The Kier molecular flexibility index (Phi) is 3.30. The van der Waals surface area contributed by atoms with Crippen LogP contribution in [0.5, 0.6) is 5.75 Å². The van der Waals surface area contributed by atoms with Crippen molar-refractivity contribution in [3.63, 3.8) is 0 Å². The first-order valence-electron chi connectivity index (χ1n) is 7.97. The minimum Gasteiger partial charge on any atom is -0.490 e. The molecule has 1 fully saturated rings. The van der Waals surface area contributed by atoms with Crippen molar-refractivity contribution >= 4 is 5.69 Å². The standard InChI is InChI=1S/C19H21NO/c1-2-7-19-18(6-1)15(10-11-20-19)12-14-4-3-5-17(13-14)21-16-8-9-16/h1-7,13,15-16,20H,8-12H2. The molecule has 2 aromatic carbocycles. The van der Waals surface area contributed by atoms with E-state index in [-0.39, 0.29) is 0 Å². The Labute approximate surface area is 126 Å². The van der Waals surface area contributed by atoms with Gasteiger partial charge in [0.1, 0.15) is 5.75 Å². The van der Waals surface area contributed by atoms with E-state index in [4.69, 9.17) is 4.74 Å². The number of hydrogen-bond donors (Lipinski definition) is 1. The highest BCUT2D eigenvalue weighted by Crippen LogP contribution is 2.34. The zero-order valence-electron chi connectivity index (χ0n) is 12.2. The Morgan fingerprint density at radius 1 is 1.00 bits per heavy atom. The molecule has 0 spiro atoms. The van der Waals surface area contributed by atoms with Crippen LogP contribution in [-0.2, 0) is 6.42 Å². The lowest BCUT2D eigenvalue weighted by Gasteiger charge is -2.26. The van der Waals surface area contributed by atoms with Gasteiger partial charge in [-0.2, -0.15) is 0 Å². The first-order chi connectivity index (χ1) is 10.4. The molecule has 4 rings (SSSR count). The Morgan fingerprint density at radius 2 is 1.90 bits per heavy atom. The van der Waals surface area contributed by atoms with Crippen LogP contribution >= 0.6 is 0 Å². The van der Waals surface area contributed by atoms with Crippen molar-refractivity contribution in [3.8, 4) is 5.75 Å². The number of fused-ring (bicyclic) bond motifs is 1. The SMILES string of the molecule is c1cc(CC2CCNc3ccccc32)cc(OC2CC2)c1. The maximum absolute atomic E-state index is 5.91. The number of hydrogen-bond acceptors (Lipinski definition) is 2. The van der Waals surface area contributed by atoms with Crippen molar-refractivity contribution in [1.29, 1.82) is 0 Å². The van der Waals surface area contributed by atoms with Crippen molar-refractivity contribution < 1.29 is 4.74 Å². The van der Waals surface area contributed by atoms with Gasteiger partial charge in [-0.3, -0.25) is 0 Å². The molecule has 108 valence electrons. The molecule has 1 aliphatic carbocycles. The number of benzene rings is 2. The van der Waals surface area contributed by atoms with Crippen LogP contribution in [0.1, 0.15) is 36.3 Å². The van der Waals surface area contributed by atoms with E-state index >= 15 is 0 Å². The van der Waals surface area contributed by atoms with Crippen molar-refractivity contribution in [3.05, 3.63) is 59.7 Å². The predicted octanol–water partition coefficient (Wildman–Crippen LogP) is 4.37. The summed E-state index contributed by atoms with van der Waals surface area (Å²) in [6, 6.07) is 17.4. The minimum atomic E-state index is 0.472. The maximum atomic E-state index is 5.91. The average molecular weight is 279 g/mol. The Balaban J connectivity index is 1.53. The normalized spacial score (nSPS) is 20.5. The van der Waals surface area contributed by atoms with Gasteiger partial charge in [-0.25, -0.2) is 0 Å². The second-order valence-electron chi connectivity index (χ2n) is 6.17. The summed E-state index contributed by atoms with van der Waals surface area (Å²) < 4.78 is 5.91. The number of rotatable bonds is 4. The Morgan fingerprint density at radius 3 is 2.81 bits per heavy atom. The summed E-state index contributed by atoms with van der Waals surface area (Å²) in [5, 5.41) is 3.50. The smallest absolute Gasteiger partial charge is 0.119 e. The van der Waals surface area contributed by atoms with Gasteiger partial charge in [0, 0.05) is 12.2 Å². The fraction of sp³-hybridized carbons (Fsp3) is 0.368. The van der Waals surface area contributed by atoms with Crippen LogP contribution in [0.25, 0.3) is 0 Å². The molecule has 1 saturated carbocycles. The van der Waals surface area contributed by atoms with Gasteiger partial charge < -0.3 is 10.1 Å². The second-order valence-corrected chi connectivity index (χ2v) is 6.17. The first-order valence-corrected chi connectivity index (χ1v) is 7.97. The average Bonchev–Trinajstić information content (AvgIpc) is 3.32. The zero-order valence-corrected chi connectivity index (χ0v) is 12.2. The summed E-state index contributed by atoms with van der Waals surface area (Å²) in [6.07, 6.45) is 5.20. The quantitative estimate of drug-likeness (QED) is 0.897. The van der Waals surface area contributed by atoms with Crippen LogP contribution in [0.15, 0.2) is 48.5 Å². The fourth-order valence-electron chi connectivity index (χ4n) is 3.17. The molecule has 1 N–H and O–H groups in total. The van der Waals surface area contributed by atoms with Gasteiger partial charge in [0.05, 0.1) is 6.10 Å². The van der Waals surface area contributed by atoms with Gasteiger partial charge in [0.15, 0.2) is 0 Å². The predicted molar refractivity (Wildman–Crippen MR) is 86.1 cm³/mol. The van der Waals surface area contributed by atoms with Crippen LogP contribution < -0.4 is 10.1 Å². The van der Waals surface area contributed by atoms with E-state index < -0.39 is 0 Å². The third kappa shape index (κ3) is 2.90. The molecule has 2 aromatic rings. The van der Waals surface area contributed by atoms with Gasteiger partial charge in [-0.1, -0.05) is 30.3 Å². The van der Waals surface area contributed by atoms with Gasteiger partial charge in [-0.05, 0) is 60.9 Å². The number of anilines is 1. The van der Waals surface area contributed by atoms with Crippen molar-refractivity contribution in [2.24, 2.45) is 0 Å². The van der Waals surface area contributed by atoms with Crippen LogP contribution in [0.3, 0.4) is 0 Å². The first kappa shape index (κ1) is 12.8. The number of nitrogens with one attached hydrogen (secondary N) is 1. The highest BCUT2D eigenvalue weighted by molar-refractivity contribution is 5.55. The minimum absolute atomic E-state index is 0.472. The summed E-state index contributed by atoms with van der Waals surface area (Å²) in [7, 11) is 0. The summed E-state index contributed by atoms with van der Waals surface area (Å²) in [5.41, 5.74) is 4.14. The third-order valence-electron chi connectivity index (χ3n) is 4.42. The molecule has 1 aliphatic heterocycles. The lowest BCUT2D eigenvalue weighted by atomic mass is 9.86. The van der Waals surface area contributed by atoms with Crippen LogP contribution in [0.2, 0.25) is 0 Å². The molecular weight excluding hydrogens is 258 g/mol. The summed E-state index contributed by atoms with van der Waals surface area (Å²) in [4.78, 5) is 0. The van der Waals surface area contributed by atoms with E-state index in [0.29, 0.717) is 12.0 Å². The van der Waals surface area contributed by atoms with Gasteiger partial charge in [0.2, 0.25) is 0 Å². The van der Waals surface area contributed by atoms with Crippen LogP contribution in [0, 0.1) is 0 Å². The molecule has 0 amide bonds. The topological polar surface area (TPSA) is 21.3 Å².